The molecule has 0 radical (unpaired) electrons. The van der Waals surface area contributed by atoms with E-state index in [9.17, 15) is 19.2 Å². The number of hydrogen-bond donors (Lipinski definition) is 0. The molecule has 0 N–H and O–H groups in total. The quantitative estimate of drug-likeness (QED) is 0.240. The number of likely N-dealkylation sites (tertiary alicyclic amines) is 2. The first-order chi connectivity index (χ1) is 22.2. The van der Waals surface area contributed by atoms with Gasteiger partial charge >= 0.3 is 0 Å². The number of carbonyl (C=O) groups is 4. The fourth-order valence-corrected chi connectivity index (χ4v) is 7.10. The molecule has 2 saturated heterocycles. The van der Waals surface area contributed by atoms with Crippen LogP contribution >= 0.6 is 31.9 Å². The predicted octanol–water partition coefficient (Wildman–Crippen LogP) is 5.74. The van der Waals surface area contributed by atoms with E-state index in [1.54, 1.807) is 24.3 Å². The molecule has 2 fully saturated rings. The van der Waals surface area contributed by atoms with Crippen molar-refractivity contribution in [2.24, 2.45) is 0 Å². The number of ketones is 4. The van der Waals surface area contributed by atoms with Crippen LogP contribution in [0.2, 0.25) is 0 Å². The zero-order valence-electron chi connectivity index (χ0n) is 24.2. The average molecular weight is 745 g/mol. The second-order valence-corrected chi connectivity index (χ2v) is 13.3. The SMILES string of the molecule is CN(C1CCN1C1=CC(=O)c2nc(-c3cccc(Br)c3)oc2C1=O)C1CCN1C1=CC(=O)c2nc(-c3cccc(Br)c3)oc2C1=O. The maximum absolute atomic E-state index is 13.6. The summed E-state index contributed by atoms with van der Waals surface area (Å²) in [6.45, 7) is 1.13. The number of hydrogen-bond acceptors (Lipinski definition) is 11. The highest BCUT2D eigenvalue weighted by atomic mass is 79.9. The number of nitrogens with zero attached hydrogens (tertiary/aromatic N) is 5. The highest BCUT2D eigenvalue weighted by Gasteiger charge is 2.47. The van der Waals surface area contributed by atoms with Gasteiger partial charge in [0.1, 0.15) is 0 Å². The van der Waals surface area contributed by atoms with Gasteiger partial charge < -0.3 is 18.6 Å². The molecule has 4 aromatic rings. The van der Waals surface area contributed by atoms with Crippen LogP contribution in [0.25, 0.3) is 22.9 Å². The third-order valence-corrected chi connectivity index (χ3v) is 9.80. The van der Waals surface area contributed by atoms with Crippen molar-refractivity contribution in [1.82, 2.24) is 24.7 Å². The molecular weight excluding hydrogens is 722 g/mol. The zero-order valence-corrected chi connectivity index (χ0v) is 27.4. The van der Waals surface area contributed by atoms with Gasteiger partial charge in [-0.2, -0.15) is 0 Å². The van der Waals surface area contributed by atoms with Crippen LogP contribution in [0.3, 0.4) is 0 Å². The first-order valence-electron chi connectivity index (χ1n) is 14.6. The highest BCUT2D eigenvalue weighted by molar-refractivity contribution is 9.10. The maximum atomic E-state index is 13.6. The molecule has 2 aromatic heterocycles. The summed E-state index contributed by atoms with van der Waals surface area (Å²) in [7, 11) is 1.91. The van der Waals surface area contributed by atoms with Crippen molar-refractivity contribution in [3.8, 4) is 22.9 Å². The first kappa shape index (κ1) is 29.0. The smallest absolute Gasteiger partial charge is 0.246 e. The van der Waals surface area contributed by atoms with E-state index in [1.807, 2.05) is 41.1 Å². The Bertz CT molecular complexity index is 1930. The summed E-state index contributed by atoms with van der Waals surface area (Å²) in [4.78, 5) is 67.9. The van der Waals surface area contributed by atoms with Crippen LogP contribution in [0.1, 0.15) is 54.9 Å². The standard InChI is InChI=1S/C33H23Br2N5O6/c1-38(24-8-10-39(24)20-14-22(41)26-30(28(20)43)45-32(36-26)16-4-2-6-18(34)12-16)25-9-11-40(25)21-15-23(42)27-31(29(21)44)46-33(37-27)17-5-3-7-19(35)13-17/h2-7,12-15,24-25H,8-11H2,1H3. The molecule has 2 aliphatic carbocycles. The van der Waals surface area contributed by atoms with Gasteiger partial charge in [-0.05, 0) is 56.3 Å². The third-order valence-electron chi connectivity index (χ3n) is 8.81. The van der Waals surface area contributed by atoms with Gasteiger partial charge in [0, 0.05) is 45.3 Å². The van der Waals surface area contributed by atoms with E-state index >= 15 is 0 Å². The third kappa shape index (κ3) is 4.56. The summed E-state index contributed by atoms with van der Waals surface area (Å²) >= 11 is 6.84. The van der Waals surface area contributed by atoms with E-state index in [4.69, 9.17) is 8.83 Å². The maximum Gasteiger partial charge on any atom is 0.246 e. The molecule has 4 aliphatic rings. The average Bonchev–Trinajstić information content (AvgIpc) is 3.64. The summed E-state index contributed by atoms with van der Waals surface area (Å²) in [5.74, 6) is -1.34. The van der Waals surface area contributed by atoms with Gasteiger partial charge in [0.2, 0.25) is 46.4 Å². The molecular formula is C33H23Br2N5O6. The molecule has 0 bridgehead atoms. The van der Waals surface area contributed by atoms with Gasteiger partial charge in [-0.3, -0.25) is 24.1 Å². The molecule has 230 valence electrons. The molecule has 0 spiro atoms. The lowest BCUT2D eigenvalue weighted by Crippen LogP contribution is -2.66. The van der Waals surface area contributed by atoms with Crippen molar-refractivity contribution in [3.05, 3.63) is 104 Å². The topological polar surface area (TPSA) is 130 Å². The number of allylic oxidation sites excluding steroid dienone is 4. The molecule has 2 aromatic carbocycles. The number of carbonyl (C=O) groups excluding carboxylic acids is 4. The number of fused-ring (bicyclic) bond motifs is 2. The van der Waals surface area contributed by atoms with Crippen LogP contribution < -0.4 is 0 Å². The van der Waals surface area contributed by atoms with Crippen LogP contribution in [0.5, 0.6) is 0 Å². The first-order valence-corrected chi connectivity index (χ1v) is 16.2. The lowest BCUT2D eigenvalue weighted by atomic mass is 9.95. The van der Waals surface area contributed by atoms with Crippen molar-refractivity contribution in [2.75, 3.05) is 20.1 Å². The molecule has 2 aliphatic heterocycles. The van der Waals surface area contributed by atoms with Gasteiger partial charge in [-0.25, -0.2) is 9.97 Å². The number of Topliss-reactive ketones (excluding diaryl/α,β-unsaturated/α-hetero) is 2. The summed E-state index contributed by atoms with van der Waals surface area (Å²) in [6, 6.07) is 14.5. The zero-order chi connectivity index (χ0) is 31.9. The number of halogens is 2. The molecule has 4 heterocycles. The van der Waals surface area contributed by atoms with E-state index in [1.165, 1.54) is 12.2 Å². The Labute approximate surface area is 278 Å². The monoisotopic (exact) mass is 743 g/mol. The Morgan fingerprint density at radius 2 is 1.15 bits per heavy atom. The lowest BCUT2D eigenvalue weighted by molar-refractivity contribution is -0.0904. The summed E-state index contributed by atoms with van der Waals surface area (Å²) in [6.07, 6.45) is 3.70. The largest absolute Gasteiger partial charge is 0.432 e. The van der Waals surface area contributed by atoms with E-state index in [0.717, 1.165) is 21.8 Å². The van der Waals surface area contributed by atoms with Crippen molar-refractivity contribution >= 4 is 55.0 Å². The molecule has 0 amide bonds. The minimum Gasteiger partial charge on any atom is -0.432 e. The number of benzene rings is 2. The molecule has 2 unspecified atom stereocenters. The lowest BCUT2D eigenvalue weighted by Gasteiger charge is -2.56. The van der Waals surface area contributed by atoms with Gasteiger partial charge in [0.25, 0.3) is 0 Å². The summed E-state index contributed by atoms with van der Waals surface area (Å²) < 4.78 is 13.3. The van der Waals surface area contributed by atoms with Crippen molar-refractivity contribution in [1.29, 1.82) is 0 Å². The Hall–Kier alpha value is -4.46. The van der Waals surface area contributed by atoms with Gasteiger partial charge in [0.05, 0.1) is 23.7 Å². The number of aromatic nitrogens is 2. The van der Waals surface area contributed by atoms with Crippen LogP contribution in [0.4, 0.5) is 0 Å². The minimum atomic E-state index is -0.401. The normalized spacial score (nSPS) is 20.7. The van der Waals surface area contributed by atoms with E-state index in [0.29, 0.717) is 24.2 Å². The molecule has 8 rings (SSSR count). The Morgan fingerprint density at radius 3 is 1.52 bits per heavy atom. The van der Waals surface area contributed by atoms with Gasteiger partial charge in [-0.15, -0.1) is 0 Å². The van der Waals surface area contributed by atoms with Crippen LogP contribution in [-0.2, 0) is 0 Å². The van der Waals surface area contributed by atoms with E-state index < -0.39 is 23.1 Å². The van der Waals surface area contributed by atoms with E-state index in [-0.39, 0.29) is 58.4 Å². The van der Waals surface area contributed by atoms with Crippen molar-refractivity contribution in [2.45, 2.75) is 25.2 Å². The fourth-order valence-electron chi connectivity index (χ4n) is 6.30. The molecule has 2 atom stereocenters. The summed E-state index contributed by atoms with van der Waals surface area (Å²) in [5.41, 5.74) is 1.79. The van der Waals surface area contributed by atoms with Gasteiger partial charge in [-0.1, -0.05) is 44.0 Å². The molecule has 0 saturated carbocycles. The van der Waals surface area contributed by atoms with Crippen LogP contribution in [0.15, 0.2) is 89.9 Å². The Balaban J connectivity index is 1.00. The highest BCUT2D eigenvalue weighted by Crippen LogP contribution is 2.38. The van der Waals surface area contributed by atoms with Crippen LogP contribution in [0, 0.1) is 0 Å². The Morgan fingerprint density at radius 1 is 0.717 bits per heavy atom. The van der Waals surface area contributed by atoms with Crippen molar-refractivity contribution < 1.29 is 28.0 Å². The van der Waals surface area contributed by atoms with Crippen LogP contribution in [-0.4, -0.2) is 80.3 Å². The number of oxazole rings is 2. The van der Waals surface area contributed by atoms with Crippen molar-refractivity contribution in [3.63, 3.8) is 0 Å². The molecule has 46 heavy (non-hydrogen) atoms. The second-order valence-electron chi connectivity index (χ2n) is 11.5. The predicted molar refractivity (Wildman–Crippen MR) is 171 cm³/mol. The minimum absolute atomic E-state index is 0.00146. The number of rotatable bonds is 6. The Kier molecular flexibility index (Phi) is 6.81. The fraction of sp³-hybridized carbons (Fsp3) is 0.212. The van der Waals surface area contributed by atoms with Gasteiger partial charge in [0.15, 0.2) is 11.4 Å². The molecule has 13 heteroatoms. The van der Waals surface area contributed by atoms with E-state index in [2.05, 4.69) is 46.7 Å². The second kappa shape index (κ2) is 10.8. The summed E-state index contributed by atoms with van der Waals surface area (Å²) in [5, 5.41) is 0. The molecule has 11 nitrogen and oxygen atoms in total.